The molecule has 174 valence electrons. The van der Waals surface area contributed by atoms with Gasteiger partial charge in [-0.05, 0) is 49.9 Å². The highest BCUT2D eigenvalue weighted by Crippen LogP contribution is 2.36. The van der Waals surface area contributed by atoms with Gasteiger partial charge >= 0.3 is 5.97 Å². The first-order chi connectivity index (χ1) is 15.8. The molecule has 0 bridgehead atoms. The molecule has 0 saturated carbocycles. The van der Waals surface area contributed by atoms with Gasteiger partial charge in [0.05, 0.1) is 12.0 Å². The molecule has 3 aromatic rings. The van der Waals surface area contributed by atoms with Gasteiger partial charge in [-0.25, -0.2) is 14.8 Å². The molecular weight excluding hydrogens is 436 g/mol. The van der Waals surface area contributed by atoms with Crippen LogP contribution in [0.4, 0.5) is 5.82 Å². The average molecular weight is 467 g/mol. The number of carbonyl (C=O) groups excluding carboxylic acids is 2. The number of fused-ring (bicyclic) bond motifs is 1. The quantitative estimate of drug-likeness (QED) is 0.513. The minimum atomic E-state index is -0.319. The summed E-state index contributed by atoms with van der Waals surface area (Å²) in [4.78, 5) is 40.2. The van der Waals surface area contributed by atoms with Crippen molar-refractivity contribution >= 4 is 39.2 Å². The van der Waals surface area contributed by atoms with E-state index in [0.29, 0.717) is 49.4 Å². The first kappa shape index (κ1) is 23.2. The molecule has 1 saturated heterocycles. The zero-order valence-corrected chi connectivity index (χ0v) is 20.7. The lowest BCUT2D eigenvalue weighted by Gasteiger charge is -2.36. The van der Waals surface area contributed by atoms with Gasteiger partial charge in [0.25, 0.3) is 5.91 Å². The highest BCUT2D eigenvalue weighted by atomic mass is 32.1. The van der Waals surface area contributed by atoms with Crippen LogP contribution >= 0.6 is 11.3 Å². The summed E-state index contributed by atoms with van der Waals surface area (Å²) in [5.74, 6) is 1.68. The number of esters is 1. The number of aromatic nitrogens is 2. The van der Waals surface area contributed by atoms with Crippen LogP contribution in [0.2, 0.25) is 0 Å². The Morgan fingerprint density at radius 2 is 1.73 bits per heavy atom. The molecule has 33 heavy (non-hydrogen) atoms. The van der Waals surface area contributed by atoms with Crippen LogP contribution < -0.4 is 4.90 Å². The Hall–Kier alpha value is -3.00. The molecule has 2 aromatic heterocycles. The zero-order valence-electron chi connectivity index (χ0n) is 19.8. The molecule has 7 nitrogen and oxygen atoms in total. The van der Waals surface area contributed by atoms with Gasteiger partial charge in [0.1, 0.15) is 21.3 Å². The van der Waals surface area contributed by atoms with Crippen molar-refractivity contribution in [1.29, 1.82) is 0 Å². The molecule has 1 amide bonds. The number of hydrogen-bond acceptors (Lipinski definition) is 7. The highest BCUT2D eigenvalue weighted by molar-refractivity contribution is 7.20. The van der Waals surface area contributed by atoms with E-state index < -0.39 is 0 Å². The van der Waals surface area contributed by atoms with Crippen LogP contribution in [0.25, 0.3) is 10.2 Å². The highest BCUT2D eigenvalue weighted by Gasteiger charge is 2.27. The van der Waals surface area contributed by atoms with E-state index in [2.05, 4.69) is 23.7 Å². The number of benzene rings is 1. The Labute approximate surface area is 198 Å². The molecule has 4 rings (SSSR count). The van der Waals surface area contributed by atoms with Gasteiger partial charge in [-0.15, -0.1) is 11.3 Å². The van der Waals surface area contributed by atoms with Gasteiger partial charge in [-0.3, -0.25) is 4.79 Å². The average Bonchev–Trinajstić information content (AvgIpc) is 3.14. The number of ether oxygens (including phenoxy) is 1. The predicted molar refractivity (Wildman–Crippen MR) is 131 cm³/mol. The molecule has 1 aliphatic heterocycles. The number of anilines is 1. The largest absolute Gasteiger partial charge is 0.462 e. The minimum Gasteiger partial charge on any atom is -0.462 e. The molecule has 0 spiro atoms. The topological polar surface area (TPSA) is 75.6 Å². The summed E-state index contributed by atoms with van der Waals surface area (Å²) in [6, 6.07) is 7.92. The third-order valence-corrected chi connectivity index (χ3v) is 7.20. The van der Waals surface area contributed by atoms with Crippen LogP contribution in [-0.2, 0) is 4.74 Å². The van der Waals surface area contributed by atoms with Crippen molar-refractivity contribution in [1.82, 2.24) is 14.9 Å². The molecule has 8 heteroatoms. The number of thiophene rings is 1. The van der Waals surface area contributed by atoms with Gasteiger partial charge in [0.2, 0.25) is 0 Å². The molecule has 0 N–H and O–H groups in total. The Morgan fingerprint density at radius 3 is 2.33 bits per heavy atom. The second-order valence-electron chi connectivity index (χ2n) is 8.61. The molecular formula is C25H30N4O3S. The van der Waals surface area contributed by atoms with Crippen molar-refractivity contribution in [2.45, 2.75) is 40.5 Å². The van der Waals surface area contributed by atoms with E-state index in [1.807, 2.05) is 43.0 Å². The van der Waals surface area contributed by atoms with Crippen LogP contribution in [0.15, 0.2) is 24.3 Å². The summed E-state index contributed by atoms with van der Waals surface area (Å²) in [6.45, 7) is 12.8. The normalized spacial score (nSPS) is 14.2. The van der Waals surface area contributed by atoms with E-state index in [1.54, 1.807) is 6.92 Å². The number of piperazine rings is 1. The van der Waals surface area contributed by atoms with Crippen molar-refractivity contribution in [3.05, 3.63) is 51.7 Å². The second-order valence-corrected chi connectivity index (χ2v) is 9.61. The number of hydrogen-bond donors (Lipinski definition) is 0. The molecule has 0 unspecified atom stereocenters. The van der Waals surface area contributed by atoms with Crippen molar-refractivity contribution in [2.75, 3.05) is 37.7 Å². The summed E-state index contributed by atoms with van der Waals surface area (Å²) in [7, 11) is 0. The van der Waals surface area contributed by atoms with Gasteiger partial charge in [-0.1, -0.05) is 26.0 Å². The number of carbonyl (C=O) groups is 2. The summed E-state index contributed by atoms with van der Waals surface area (Å²) >= 11 is 1.35. The maximum Gasteiger partial charge on any atom is 0.348 e. The Morgan fingerprint density at radius 1 is 1.06 bits per heavy atom. The molecule has 0 atom stereocenters. The van der Waals surface area contributed by atoms with Crippen LogP contribution in [0.3, 0.4) is 0 Å². The Bertz CT molecular complexity index is 1180. The first-order valence-corrected chi connectivity index (χ1v) is 12.2. The lowest BCUT2D eigenvalue weighted by atomic mass is 10.0. The summed E-state index contributed by atoms with van der Waals surface area (Å²) in [5.41, 5.74) is 2.81. The fourth-order valence-corrected chi connectivity index (χ4v) is 5.27. The monoisotopic (exact) mass is 466 g/mol. The smallest absolute Gasteiger partial charge is 0.348 e. The van der Waals surface area contributed by atoms with Gasteiger partial charge in [0, 0.05) is 31.7 Å². The van der Waals surface area contributed by atoms with Gasteiger partial charge < -0.3 is 14.5 Å². The van der Waals surface area contributed by atoms with E-state index in [0.717, 1.165) is 27.2 Å². The van der Waals surface area contributed by atoms with Crippen molar-refractivity contribution < 1.29 is 14.3 Å². The third-order valence-electron chi connectivity index (χ3n) is 6.03. The molecule has 1 aromatic carbocycles. The van der Waals surface area contributed by atoms with Gasteiger partial charge in [0.15, 0.2) is 0 Å². The van der Waals surface area contributed by atoms with Crippen LogP contribution in [-0.4, -0.2) is 59.5 Å². The SMILES string of the molecule is CCOC(=O)c1sc2nc(C)nc(N3CCN(C(=O)c4ccc(C(C)C)cc4)CC3)c2c1C. The van der Waals surface area contributed by atoms with E-state index in [9.17, 15) is 9.59 Å². The lowest BCUT2D eigenvalue weighted by Crippen LogP contribution is -2.49. The lowest BCUT2D eigenvalue weighted by molar-refractivity contribution is 0.0531. The van der Waals surface area contributed by atoms with Crippen molar-refractivity contribution in [2.24, 2.45) is 0 Å². The summed E-state index contributed by atoms with van der Waals surface area (Å²) in [6.07, 6.45) is 0. The predicted octanol–water partition coefficient (Wildman–Crippen LogP) is 4.57. The van der Waals surface area contributed by atoms with Crippen LogP contribution in [0.1, 0.15) is 63.7 Å². The molecule has 1 aliphatic rings. The van der Waals surface area contributed by atoms with Crippen molar-refractivity contribution in [3.8, 4) is 0 Å². The fraction of sp³-hybridized carbons (Fsp3) is 0.440. The number of aryl methyl sites for hydroxylation is 2. The Kier molecular flexibility index (Phi) is 6.65. The zero-order chi connectivity index (χ0) is 23.7. The van der Waals surface area contributed by atoms with E-state index in [-0.39, 0.29) is 11.9 Å². The standard InChI is InChI=1S/C25H30N4O3S/c1-6-32-25(31)21-16(4)20-22(26-17(5)27-23(20)33-21)28-11-13-29(14-12-28)24(30)19-9-7-18(8-10-19)15(2)3/h7-10,15H,6,11-14H2,1-5H3. The maximum absolute atomic E-state index is 13.0. The molecule has 0 aliphatic carbocycles. The second kappa shape index (κ2) is 9.47. The van der Waals surface area contributed by atoms with Crippen molar-refractivity contribution in [3.63, 3.8) is 0 Å². The molecule has 0 radical (unpaired) electrons. The first-order valence-electron chi connectivity index (χ1n) is 11.4. The molecule has 1 fully saturated rings. The number of rotatable bonds is 5. The van der Waals surface area contributed by atoms with E-state index >= 15 is 0 Å². The third kappa shape index (κ3) is 4.57. The maximum atomic E-state index is 13.0. The van der Waals surface area contributed by atoms with E-state index in [4.69, 9.17) is 9.72 Å². The van der Waals surface area contributed by atoms with Crippen LogP contribution in [0, 0.1) is 13.8 Å². The van der Waals surface area contributed by atoms with E-state index in [1.165, 1.54) is 16.9 Å². The fourth-order valence-electron chi connectivity index (χ4n) is 4.16. The van der Waals surface area contributed by atoms with Gasteiger partial charge in [-0.2, -0.15) is 0 Å². The summed E-state index contributed by atoms with van der Waals surface area (Å²) < 4.78 is 5.22. The Balaban J connectivity index is 1.54. The number of amides is 1. The minimum absolute atomic E-state index is 0.0604. The summed E-state index contributed by atoms with van der Waals surface area (Å²) in [5, 5.41) is 0.901. The van der Waals surface area contributed by atoms with Crippen LogP contribution in [0.5, 0.6) is 0 Å². The number of nitrogens with zero attached hydrogens (tertiary/aromatic N) is 4. The molecule has 3 heterocycles.